The first kappa shape index (κ1) is 12.8. The van der Waals surface area contributed by atoms with E-state index in [1.54, 1.807) is 12.5 Å². The Morgan fingerprint density at radius 2 is 2.40 bits per heavy atom. The van der Waals surface area contributed by atoms with Crippen molar-refractivity contribution < 1.29 is 13.6 Å². The number of ether oxygens (including phenoxy) is 1. The summed E-state index contributed by atoms with van der Waals surface area (Å²) in [5.74, 6) is -0.266. The standard InChI is InChI=1S/C12H11N3O4S/c1-17-6-10-14-15(12(16)19-10)4-9-7-20-11(13-9)8-2-3-18-5-8/h2-3,5,7H,4,6H2,1H3. The van der Waals surface area contributed by atoms with Crippen molar-refractivity contribution in [2.75, 3.05) is 7.11 Å². The molecular weight excluding hydrogens is 282 g/mol. The first-order valence-corrected chi connectivity index (χ1v) is 6.67. The van der Waals surface area contributed by atoms with Crippen LogP contribution in [0.5, 0.6) is 0 Å². The maximum atomic E-state index is 11.6. The maximum absolute atomic E-state index is 11.6. The quantitative estimate of drug-likeness (QED) is 0.712. The van der Waals surface area contributed by atoms with Crippen LogP contribution in [0, 0.1) is 0 Å². The number of hydrogen-bond donors (Lipinski definition) is 0. The van der Waals surface area contributed by atoms with E-state index >= 15 is 0 Å². The van der Waals surface area contributed by atoms with Crippen LogP contribution in [0.15, 0.2) is 37.6 Å². The van der Waals surface area contributed by atoms with Crippen molar-refractivity contribution in [1.29, 1.82) is 0 Å². The van der Waals surface area contributed by atoms with Crippen molar-refractivity contribution in [2.24, 2.45) is 0 Å². The van der Waals surface area contributed by atoms with E-state index in [-0.39, 0.29) is 19.0 Å². The Morgan fingerprint density at radius 1 is 1.50 bits per heavy atom. The van der Waals surface area contributed by atoms with Crippen LogP contribution >= 0.6 is 11.3 Å². The van der Waals surface area contributed by atoms with Crippen LogP contribution < -0.4 is 5.76 Å². The monoisotopic (exact) mass is 293 g/mol. The van der Waals surface area contributed by atoms with Gasteiger partial charge in [0, 0.05) is 18.1 Å². The molecule has 0 aliphatic rings. The van der Waals surface area contributed by atoms with Crippen LogP contribution in [-0.2, 0) is 17.9 Å². The van der Waals surface area contributed by atoms with Crippen LogP contribution in [0.4, 0.5) is 0 Å². The van der Waals surface area contributed by atoms with E-state index in [9.17, 15) is 4.79 Å². The first-order chi connectivity index (χ1) is 9.76. The van der Waals surface area contributed by atoms with Crippen molar-refractivity contribution >= 4 is 11.3 Å². The fourth-order valence-corrected chi connectivity index (χ4v) is 2.48. The maximum Gasteiger partial charge on any atom is 0.437 e. The first-order valence-electron chi connectivity index (χ1n) is 5.79. The van der Waals surface area contributed by atoms with E-state index in [1.807, 2.05) is 11.4 Å². The molecule has 0 aromatic carbocycles. The molecule has 0 fully saturated rings. The van der Waals surface area contributed by atoms with Crippen LogP contribution in [-0.4, -0.2) is 21.9 Å². The summed E-state index contributed by atoms with van der Waals surface area (Å²) in [5.41, 5.74) is 1.65. The zero-order valence-electron chi connectivity index (χ0n) is 10.6. The average Bonchev–Trinajstić information content (AvgIpc) is 3.13. The van der Waals surface area contributed by atoms with Gasteiger partial charge in [-0.05, 0) is 6.07 Å². The number of rotatable bonds is 5. The van der Waals surface area contributed by atoms with Gasteiger partial charge in [0.2, 0.25) is 5.89 Å². The Hall–Kier alpha value is -2.19. The van der Waals surface area contributed by atoms with E-state index in [2.05, 4.69) is 10.1 Å². The third-order valence-electron chi connectivity index (χ3n) is 2.55. The Kier molecular flexibility index (Phi) is 3.48. The highest BCUT2D eigenvalue weighted by molar-refractivity contribution is 7.13. The minimum Gasteiger partial charge on any atom is -0.472 e. The fourth-order valence-electron chi connectivity index (χ4n) is 1.68. The van der Waals surface area contributed by atoms with Crippen molar-refractivity contribution in [1.82, 2.24) is 14.8 Å². The van der Waals surface area contributed by atoms with E-state index < -0.39 is 5.76 Å². The summed E-state index contributed by atoms with van der Waals surface area (Å²) < 4.78 is 16.0. The number of nitrogens with zero attached hydrogens (tertiary/aromatic N) is 3. The molecule has 0 atom stereocenters. The highest BCUT2D eigenvalue weighted by Gasteiger charge is 2.11. The highest BCUT2D eigenvalue weighted by Crippen LogP contribution is 2.23. The van der Waals surface area contributed by atoms with Gasteiger partial charge in [0.1, 0.15) is 17.9 Å². The molecule has 3 rings (SSSR count). The van der Waals surface area contributed by atoms with Crippen molar-refractivity contribution in [2.45, 2.75) is 13.2 Å². The normalized spacial score (nSPS) is 11.1. The molecule has 0 amide bonds. The third-order valence-corrected chi connectivity index (χ3v) is 3.49. The lowest BCUT2D eigenvalue weighted by Crippen LogP contribution is -2.16. The zero-order chi connectivity index (χ0) is 13.9. The van der Waals surface area contributed by atoms with Crippen LogP contribution in [0.2, 0.25) is 0 Å². The lowest BCUT2D eigenvalue weighted by molar-refractivity contribution is 0.158. The second-order valence-corrected chi connectivity index (χ2v) is 4.87. The van der Waals surface area contributed by atoms with Crippen LogP contribution in [0.1, 0.15) is 11.6 Å². The molecule has 0 aliphatic carbocycles. The summed E-state index contributed by atoms with van der Waals surface area (Å²) in [7, 11) is 1.51. The molecule has 0 saturated heterocycles. The zero-order valence-corrected chi connectivity index (χ0v) is 11.4. The van der Waals surface area contributed by atoms with E-state index in [4.69, 9.17) is 13.6 Å². The Bertz CT molecular complexity index is 741. The molecule has 0 aliphatic heterocycles. The minimum atomic E-state index is -0.519. The largest absolute Gasteiger partial charge is 0.472 e. The molecule has 3 aromatic rings. The molecule has 0 bridgehead atoms. The molecule has 0 N–H and O–H groups in total. The van der Waals surface area contributed by atoms with Gasteiger partial charge < -0.3 is 13.6 Å². The van der Waals surface area contributed by atoms with Crippen LogP contribution in [0.3, 0.4) is 0 Å². The number of furan rings is 1. The molecule has 7 nitrogen and oxygen atoms in total. The number of thiazole rings is 1. The van der Waals surface area contributed by atoms with Gasteiger partial charge in [-0.15, -0.1) is 16.4 Å². The van der Waals surface area contributed by atoms with E-state index in [1.165, 1.54) is 23.1 Å². The van der Waals surface area contributed by atoms with Gasteiger partial charge in [-0.25, -0.2) is 9.78 Å². The van der Waals surface area contributed by atoms with Gasteiger partial charge in [-0.3, -0.25) is 0 Å². The van der Waals surface area contributed by atoms with E-state index in [0.717, 1.165) is 16.3 Å². The lowest BCUT2D eigenvalue weighted by Gasteiger charge is -1.93. The molecule has 0 spiro atoms. The van der Waals surface area contributed by atoms with Gasteiger partial charge >= 0.3 is 5.76 Å². The molecular formula is C12H11N3O4S. The van der Waals surface area contributed by atoms with Gasteiger partial charge in [0.05, 0.1) is 18.5 Å². The smallest absolute Gasteiger partial charge is 0.437 e. The van der Waals surface area contributed by atoms with Gasteiger partial charge in [0.25, 0.3) is 0 Å². The van der Waals surface area contributed by atoms with E-state index in [0.29, 0.717) is 0 Å². The molecule has 0 unspecified atom stereocenters. The van der Waals surface area contributed by atoms with Crippen molar-refractivity contribution in [3.8, 4) is 10.6 Å². The Labute approximate surface area is 117 Å². The number of methoxy groups -OCH3 is 1. The Balaban J connectivity index is 1.80. The van der Waals surface area contributed by atoms with Crippen molar-refractivity contribution in [3.05, 3.63) is 46.1 Å². The second kappa shape index (κ2) is 5.43. The summed E-state index contributed by atoms with van der Waals surface area (Å²) >= 11 is 1.48. The summed E-state index contributed by atoms with van der Waals surface area (Å²) in [6, 6.07) is 1.83. The summed E-state index contributed by atoms with van der Waals surface area (Å²) in [4.78, 5) is 16.0. The highest BCUT2D eigenvalue weighted by atomic mass is 32.1. The average molecular weight is 293 g/mol. The van der Waals surface area contributed by atoms with Gasteiger partial charge in [-0.2, -0.15) is 4.68 Å². The number of hydrogen-bond acceptors (Lipinski definition) is 7. The topological polar surface area (TPSA) is 83.3 Å². The predicted octanol–water partition coefficient (Wildman–Crippen LogP) is 1.75. The van der Waals surface area contributed by atoms with Crippen LogP contribution in [0.25, 0.3) is 10.6 Å². The SMILES string of the molecule is COCc1nn(Cc2csc(-c3ccoc3)n2)c(=O)o1. The summed E-state index contributed by atoms with van der Waals surface area (Å²) in [5, 5.41) is 6.74. The van der Waals surface area contributed by atoms with Gasteiger partial charge in [-0.1, -0.05) is 0 Å². The Morgan fingerprint density at radius 3 is 3.15 bits per heavy atom. The molecule has 104 valence electrons. The van der Waals surface area contributed by atoms with Gasteiger partial charge in [0.15, 0.2) is 0 Å². The molecule has 3 aromatic heterocycles. The molecule has 3 heterocycles. The second-order valence-electron chi connectivity index (χ2n) is 4.01. The predicted molar refractivity (Wildman–Crippen MR) is 70.4 cm³/mol. The third kappa shape index (κ3) is 2.56. The molecule has 0 saturated carbocycles. The number of aromatic nitrogens is 3. The molecule has 0 radical (unpaired) electrons. The molecule has 20 heavy (non-hydrogen) atoms. The van der Waals surface area contributed by atoms with Crippen molar-refractivity contribution in [3.63, 3.8) is 0 Å². The summed E-state index contributed by atoms with van der Waals surface area (Å²) in [6.07, 6.45) is 3.22. The minimum absolute atomic E-state index is 0.166. The molecule has 8 heteroatoms. The summed E-state index contributed by atoms with van der Waals surface area (Å²) in [6.45, 7) is 0.431. The fraction of sp³-hybridized carbons (Fsp3) is 0.250. The lowest BCUT2D eigenvalue weighted by atomic mass is 10.3.